The van der Waals surface area contributed by atoms with Crippen LogP contribution in [-0.2, 0) is 11.3 Å². The van der Waals surface area contributed by atoms with Gasteiger partial charge in [-0.25, -0.2) is 0 Å². The molecule has 0 unspecified atom stereocenters. The number of amides is 1. The number of halogens is 1. The highest BCUT2D eigenvalue weighted by atomic mass is 79.9. The number of carbonyl (C=O) groups excluding carboxylic acids is 1. The van der Waals surface area contributed by atoms with Crippen molar-refractivity contribution in [1.29, 1.82) is 0 Å². The number of hydrogen-bond donors (Lipinski definition) is 0. The standard InChI is InChI=1S/C15H16BrN3O3/c1-19(15(20)9-3-4-9)8-13-17-18-14(22-13)10-5-6-12(21-2)11(16)7-10/h5-7,9H,3-4,8H2,1-2H3. The number of rotatable bonds is 5. The number of aromatic nitrogens is 2. The number of carbonyl (C=O) groups is 1. The molecule has 1 aliphatic carbocycles. The van der Waals surface area contributed by atoms with Crippen molar-refractivity contribution < 1.29 is 13.9 Å². The van der Waals surface area contributed by atoms with E-state index in [0.717, 1.165) is 28.6 Å². The molecule has 1 saturated carbocycles. The molecule has 6 nitrogen and oxygen atoms in total. The van der Waals surface area contributed by atoms with Crippen molar-refractivity contribution >= 4 is 21.8 Å². The molecule has 7 heteroatoms. The highest BCUT2D eigenvalue weighted by Crippen LogP contribution is 2.32. The average molecular weight is 366 g/mol. The molecule has 0 bridgehead atoms. The third-order valence-electron chi connectivity index (χ3n) is 3.54. The fourth-order valence-electron chi connectivity index (χ4n) is 2.16. The van der Waals surface area contributed by atoms with Crippen molar-refractivity contribution in [2.24, 2.45) is 5.92 Å². The van der Waals surface area contributed by atoms with Gasteiger partial charge >= 0.3 is 0 Å². The van der Waals surface area contributed by atoms with Crippen LogP contribution in [0.2, 0.25) is 0 Å². The second kappa shape index (κ2) is 6.08. The molecule has 1 aromatic carbocycles. The van der Waals surface area contributed by atoms with Crippen LogP contribution in [0.4, 0.5) is 0 Å². The van der Waals surface area contributed by atoms with Crippen LogP contribution in [-0.4, -0.2) is 35.2 Å². The third-order valence-corrected chi connectivity index (χ3v) is 4.16. The van der Waals surface area contributed by atoms with Crippen molar-refractivity contribution in [2.45, 2.75) is 19.4 Å². The maximum atomic E-state index is 11.9. The zero-order chi connectivity index (χ0) is 15.7. The van der Waals surface area contributed by atoms with Crippen molar-refractivity contribution in [3.63, 3.8) is 0 Å². The minimum atomic E-state index is 0.145. The van der Waals surface area contributed by atoms with Gasteiger partial charge in [0.1, 0.15) is 5.75 Å². The molecule has 0 atom stereocenters. The Labute approximate surface area is 136 Å². The van der Waals surface area contributed by atoms with Crippen molar-refractivity contribution in [2.75, 3.05) is 14.2 Å². The molecule has 0 N–H and O–H groups in total. The van der Waals surface area contributed by atoms with E-state index in [1.54, 1.807) is 19.1 Å². The molecule has 1 aromatic heterocycles. The molecule has 0 spiro atoms. The second-order valence-corrected chi connectivity index (χ2v) is 6.17. The summed E-state index contributed by atoms with van der Waals surface area (Å²) in [5.74, 6) is 1.92. The first-order chi connectivity index (χ1) is 10.6. The largest absolute Gasteiger partial charge is 0.496 e. The molecule has 1 aliphatic rings. The van der Waals surface area contributed by atoms with Gasteiger partial charge in [0.05, 0.1) is 18.1 Å². The highest BCUT2D eigenvalue weighted by Gasteiger charge is 2.32. The summed E-state index contributed by atoms with van der Waals surface area (Å²) in [4.78, 5) is 13.6. The molecule has 22 heavy (non-hydrogen) atoms. The van der Waals surface area contributed by atoms with Crippen molar-refractivity contribution in [3.05, 3.63) is 28.6 Å². The molecule has 1 fully saturated rings. The van der Waals surface area contributed by atoms with Gasteiger partial charge < -0.3 is 14.1 Å². The molecule has 1 heterocycles. The average Bonchev–Trinajstić information content (AvgIpc) is 3.26. The summed E-state index contributed by atoms with van der Waals surface area (Å²) < 4.78 is 11.6. The Hall–Kier alpha value is -1.89. The van der Waals surface area contributed by atoms with Crippen molar-refractivity contribution in [3.8, 4) is 17.2 Å². The normalized spacial score (nSPS) is 14.0. The van der Waals surface area contributed by atoms with Gasteiger partial charge in [0.15, 0.2) is 0 Å². The van der Waals surface area contributed by atoms with E-state index >= 15 is 0 Å². The van der Waals surface area contributed by atoms with Crippen molar-refractivity contribution in [1.82, 2.24) is 15.1 Å². The van der Waals surface area contributed by atoms with Gasteiger partial charge in [-0.3, -0.25) is 4.79 Å². The Morgan fingerprint density at radius 3 is 2.86 bits per heavy atom. The lowest BCUT2D eigenvalue weighted by Gasteiger charge is -2.13. The van der Waals surface area contributed by atoms with E-state index in [9.17, 15) is 4.79 Å². The first-order valence-electron chi connectivity index (χ1n) is 6.99. The Kier molecular flexibility index (Phi) is 4.15. The smallest absolute Gasteiger partial charge is 0.247 e. The maximum Gasteiger partial charge on any atom is 0.247 e. The Bertz CT molecular complexity index is 697. The zero-order valence-corrected chi connectivity index (χ0v) is 14.0. The summed E-state index contributed by atoms with van der Waals surface area (Å²) in [6.45, 7) is 0.333. The fourth-order valence-corrected chi connectivity index (χ4v) is 2.70. The van der Waals surface area contributed by atoms with E-state index in [4.69, 9.17) is 9.15 Å². The van der Waals surface area contributed by atoms with Crippen LogP contribution in [0, 0.1) is 5.92 Å². The molecule has 0 aliphatic heterocycles. The van der Waals surface area contributed by atoms with Gasteiger partial charge in [0, 0.05) is 18.5 Å². The molecule has 3 rings (SSSR count). The Morgan fingerprint density at radius 1 is 1.45 bits per heavy atom. The fraction of sp³-hybridized carbons (Fsp3) is 0.400. The Morgan fingerprint density at radius 2 is 2.23 bits per heavy atom. The minimum absolute atomic E-state index is 0.145. The van der Waals surface area contributed by atoms with Gasteiger partial charge in [-0.15, -0.1) is 10.2 Å². The van der Waals surface area contributed by atoms with E-state index < -0.39 is 0 Å². The summed E-state index contributed by atoms with van der Waals surface area (Å²) >= 11 is 3.43. The molecule has 0 radical (unpaired) electrons. The van der Waals surface area contributed by atoms with E-state index in [0.29, 0.717) is 18.3 Å². The molecule has 1 amide bonds. The number of benzene rings is 1. The highest BCUT2D eigenvalue weighted by molar-refractivity contribution is 9.10. The lowest BCUT2D eigenvalue weighted by Crippen LogP contribution is -2.27. The maximum absolute atomic E-state index is 11.9. The lowest BCUT2D eigenvalue weighted by molar-refractivity contribution is -0.132. The summed E-state index contributed by atoms with van der Waals surface area (Å²) in [6.07, 6.45) is 1.97. The molecule has 2 aromatic rings. The van der Waals surface area contributed by atoms with E-state index in [2.05, 4.69) is 26.1 Å². The summed E-state index contributed by atoms with van der Waals surface area (Å²) in [7, 11) is 3.37. The van der Waals surface area contributed by atoms with Crippen LogP contribution < -0.4 is 4.74 Å². The summed E-state index contributed by atoms with van der Waals surface area (Å²) in [5, 5.41) is 8.05. The lowest BCUT2D eigenvalue weighted by atomic mass is 10.2. The van der Waals surface area contributed by atoms with E-state index in [-0.39, 0.29) is 11.8 Å². The van der Waals surface area contributed by atoms with Crippen LogP contribution in [0.15, 0.2) is 27.1 Å². The van der Waals surface area contributed by atoms with Gasteiger partial charge in [-0.1, -0.05) is 0 Å². The number of ether oxygens (including phenoxy) is 1. The van der Waals surface area contributed by atoms with Gasteiger partial charge in [-0.2, -0.15) is 0 Å². The zero-order valence-electron chi connectivity index (χ0n) is 12.4. The summed E-state index contributed by atoms with van der Waals surface area (Å²) in [6, 6.07) is 5.53. The molecule has 116 valence electrons. The van der Waals surface area contributed by atoms with Crippen LogP contribution in [0.5, 0.6) is 5.75 Å². The Balaban J connectivity index is 1.73. The topological polar surface area (TPSA) is 68.5 Å². The van der Waals surface area contributed by atoms with Gasteiger partial charge in [-0.05, 0) is 47.0 Å². The monoisotopic (exact) mass is 365 g/mol. The minimum Gasteiger partial charge on any atom is -0.496 e. The van der Waals surface area contributed by atoms with Crippen LogP contribution in [0.3, 0.4) is 0 Å². The third kappa shape index (κ3) is 3.14. The van der Waals surface area contributed by atoms with Gasteiger partial charge in [0.2, 0.25) is 17.7 Å². The van der Waals surface area contributed by atoms with E-state index in [1.807, 2.05) is 18.2 Å². The predicted octanol–water partition coefficient (Wildman–Crippen LogP) is 2.88. The number of methoxy groups -OCH3 is 1. The number of hydrogen-bond acceptors (Lipinski definition) is 5. The van der Waals surface area contributed by atoms with Crippen LogP contribution in [0.25, 0.3) is 11.5 Å². The van der Waals surface area contributed by atoms with Crippen LogP contribution >= 0.6 is 15.9 Å². The SMILES string of the molecule is COc1ccc(-c2nnc(CN(C)C(=O)C3CC3)o2)cc1Br. The first kappa shape index (κ1) is 15.0. The first-order valence-corrected chi connectivity index (χ1v) is 7.79. The number of nitrogens with zero attached hydrogens (tertiary/aromatic N) is 3. The quantitative estimate of drug-likeness (QED) is 0.814. The molecule has 0 saturated heterocycles. The summed E-state index contributed by atoms with van der Waals surface area (Å²) in [5.41, 5.74) is 0.794. The second-order valence-electron chi connectivity index (χ2n) is 5.32. The van der Waals surface area contributed by atoms with E-state index in [1.165, 1.54) is 0 Å². The molecular formula is C15H16BrN3O3. The van der Waals surface area contributed by atoms with Crippen LogP contribution in [0.1, 0.15) is 18.7 Å². The van der Waals surface area contributed by atoms with Gasteiger partial charge in [0.25, 0.3) is 0 Å². The predicted molar refractivity (Wildman–Crippen MR) is 83.2 cm³/mol. The molecular weight excluding hydrogens is 350 g/mol.